The first-order chi connectivity index (χ1) is 11.9. The molecule has 0 spiro atoms. The predicted octanol–water partition coefficient (Wildman–Crippen LogP) is 2.34. The van der Waals surface area contributed by atoms with Gasteiger partial charge in [0.2, 0.25) is 11.7 Å². The zero-order valence-corrected chi connectivity index (χ0v) is 16.0. The number of hydrogen-bond acceptors (Lipinski definition) is 7. The molecule has 2 aromatic heterocycles. The van der Waals surface area contributed by atoms with Gasteiger partial charge in [0.15, 0.2) is 0 Å². The molecule has 6 nitrogen and oxygen atoms in total. The molecule has 0 saturated carbocycles. The third-order valence-electron chi connectivity index (χ3n) is 5.01. The number of hydrogen-bond donors (Lipinski definition) is 1. The number of piperidine rings is 1. The molecular formula is C17H26ClN5OS. The first-order valence-corrected chi connectivity index (χ1v) is 9.77. The molecule has 2 aliphatic rings. The molecule has 138 valence electrons. The Morgan fingerprint density at radius 3 is 2.64 bits per heavy atom. The van der Waals surface area contributed by atoms with Crippen LogP contribution >= 0.6 is 23.7 Å². The zero-order valence-electron chi connectivity index (χ0n) is 14.4. The van der Waals surface area contributed by atoms with E-state index in [0.29, 0.717) is 5.82 Å². The Labute approximate surface area is 159 Å². The Hall–Kier alpha value is -0.990. The second-order valence-electron chi connectivity index (χ2n) is 6.76. The summed E-state index contributed by atoms with van der Waals surface area (Å²) < 4.78 is 5.42. The first-order valence-electron chi connectivity index (χ1n) is 8.89. The average Bonchev–Trinajstić information content (AvgIpc) is 3.29. The van der Waals surface area contributed by atoms with Crippen molar-refractivity contribution in [2.24, 2.45) is 5.92 Å². The fraction of sp³-hybridized carbons (Fsp3) is 0.647. The maximum Gasteiger partial charge on any atom is 0.241 e. The van der Waals surface area contributed by atoms with Gasteiger partial charge in [-0.05, 0) is 43.3 Å². The fourth-order valence-corrected chi connectivity index (χ4v) is 4.22. The highest BCUT2D eigenvalue weighted by molar-refractivity contribution is 7.13. The standard InChI is InChI=1S/C17H25N5OS.ClH/c1-2-15(24-11-1)17-19-16(23-20-17)13-22-9-7-21(8-10-22)12-14-3-5-18-6-4-14;/h1-2,11,14,18H,3-10,12-13H2;1H. The van der Waals surface area contributed by atoms with E-state index in [1.54, 1.807) is 11.3 Å². The largest absolute Gasteiger partial charge is 0.338 e. The third-order valence-corrected chi connectivity index (χ3v) is 5.87. The van der Waals surface area contributed by atoms with Gasteiger partial charge in [0.25, 0.3) is 0 Å². The molecule has 4 rings (SSSR count). The lowest BCUT2D eigenvalue weighted by molar-refractivity contribution is 0.0990. The van der Waals surface area contributed by atoms with Crippen LogP contribution in [0.5, 0.6) is 0 Å². The van der Waals surface area contributed by atoms with Crippen LogP contribution in [-0.2, 0) is 6.54 Å². The monoisotopic (exact) mass is 383 g/mol. The lowest BCUT2D eigenvalue weighted by atomic mass is 9.97. The highest BCUT2D eigenvalue weighted by Gasteiger charge is 2.22. The molecule has 0 amide bonds. The van der Waals surface area contributed by atoms with E-state index in [2.05, 4.69) is 25.3 Å². The minimum Gasteiger partial charge on any atom is -0.338 e. The lowest BCUT2D eigenvalue weighted by Gasteiger charge is -2.36. The number of aromatic nitrogens is 2. The number of thiophene rings is 1. The molecule has 0 unspecified atom stereocenters. The van der Waals surface area contributed by atoms with Crippen LogP contribution < -0.4 is 5.32 Å². The number of nitrogens with zero attached hydrogens (tertiary/aromatic N) is 4. The van der Waals surface area contributed by atoms with Crippen LogP contribution in [0.1, 0.15) is 18.7 Å². The van der Waals surface area contributed by atoms with E-state index < -0.39 is 0 Å². The second-order valence-corrected chi connectivity index (χ2v) is 7.71. The molecular weight excluding hydrogens is 358 g/mol. The number of rotatable bonds is 5. The van der Waals surface area contributed by atoms with Crippen molar-refractivity contribution in [2.45, 2.75) is 19.4 Å². The molecule has 2 fully saturated rings. The predicted molar refractivity (Wildman–Crippen MR) is 102 cm³/mol. The van der Waals surface area contributed by atoms with E-state index >= 15 is 0 Å². The second kappa shape index (κ2) is 9.09. The van der Waals surface area contributed by atoms with Crippen molar-refractivity contribution in [3.63, 3.8) is 0 Å². The van der Waals surface area contributed by atoms with E-state index in [1.807, 2.05) is 17.5 Å². The topological polar surface area (TPSA) is 57.4 Å². The van der Waals surface area contributed by atoms with Crippen LogP contribution in [0.15, 0.2) is 22.0 Å². The number of nitrogens with one attached hydrogen (secondary N) is 1. The Balaban J connectivity index is 0.00000182. The van der Waals surface area contributed by atoms with Gasteiger partial charge in [-0.2, -0.15) is 4.98 Å². The molecule has 0 atom stereocenters. The molecule has 4 heterocycles. The molecule has 2 aromatic rings. The van der Waals surface area contributed by atoms with Crippen molar-refractivity contribution in [3.05, 3.63) is 23.4 Å². The quantitative estimate of drug-likeness (QED) is 0.855. The number of piperazine rings is 1. The van der Waals surface area contributed by atoms with Crippen LogP contribution in [-0.4, -0.2) is 65.8 Å². The van der Waals surface area contributed by atoms with Gasteiger partial charge in [0, 0.05) is 32.7 Å². The van der Waals surface area contributed by atoms with Gasteiger partial charge >= 0.3 is 0 Å². The van der Waals surface area contributed by atoms with Crippen molar-refractivity contribution in [1.29, 1.82) is 0 Å². The molecule has 8 heteroatoms. The summed E-state index contributed by atoms with van der Waals surface area (Å²) in [5.74, 6) is 2.32. The normalized spacial score (nSPS) is 20.5. The van der Waals surface area contributed by atoms with Gasteiger partial charge in [0.1, 0.15) is 0 Å². The summed E-state index contributed by atoms with van der Waals surface area (Å²) in [6, 6.07) is 4.04. The lowest BCUT2D eigenvalue weighted by Crippen LogP contribution is -2.48. The van der Waals surface area contributed by atoms with Crippen molar-refractivity contribution < 1.29 is 4.52 Å². The molecule has 0 aromatic carbocycles. The van der Waals surface area contributed by atoms with Crippen LogP contribution in [0.3, 0.4) is 0 Å². The SMILES string of the molecule is Cl.c1csc(-c2noc(CN3CCN(CC4CCNCC4)CC3)n2)c1. The summed E-state index contributed by atoms with van der Waals surface area (Å²) >= 11 is 1.64. The van der Waals surface area contributed by atoms with E-state index in [4.69, 9.17) is 4.52 Å². The van der Waals surface area contributed by atoms with Gasteiger partial charge in [0.05, 0.1) is 11.4 Å². The molecule has 1 N–H and O–H groups in total. The smallest absolute Gasteiger partial charge is 0.241 e. The molecule has 0 radical (unpaired) electrons. The van der Waals surface area contributed by atoms with Gasteiger partial charge < -0.3 is 14.7 Å². The van der Waals surface area contributed by atoms with E-state index in [1.165, 1.54) is 32.5 Å². The van der Waals surface area contributed by atoms with E-state index in [-0.39, 0.29) is 12.4 Å². The Kier molecular flexibility index (Phi) is 6.84. The van der Waals surface area contributed by atoms with Crippen molar-refractivity contribution in [1.82, 2.24) is 25.3 Å². The summed E-state index contributed by atoms with van der Waals surface area (Å²) in [7, 11) is 0. The molecule has 0 bridgehead atoms. The average molecular weight is 384 g/mol. The fourth-order valence-electron chi connectivity index (χ4n) is 3.58. The minimum atomic E-state index is 0. The minimum absolute atomic E-state index is 0. The highest BCUT2D eigenvalue weighted by Crippen LogP contribution is 2.22. The Bertz CT molecular complexity index is 621. The van der Waals surface area contributed by atoms with Crippen molar-refractivity contribution >= 4 is 23.7 Å². The molecule has 0 aliphatic carbocycles. The summed E-state index contributed by atoms with van der Waals surface area (Å²) in [6.45, 7) is 8.87. The van der Waals surface area contributed by atoms with Crippen molar-refractivity contribution in [3.8, 4) is 10.7 Å². The van der Waals surface area contributed by atoms with Crippen LogP contribution in [0, 0.1) is 5.92 Å². The number of halogens is 1. The summed E-state index contributed by atoms with van der Waals surface area (Å²) in [5, 5.41) is 9.58. The van der Waals surface area contributed by atoms with E-state index in [9.17, 15) is 0 Å². The van der Waals surface area contributed by atoms with Gasteiger partial charge in [-0.3, -0.25) is 4.90 Å². The van der Waals surface area contributed by atoms with Gasteiger partial charge in [-0.15, -0.1) is 23.7 Å². The third kappa shape index (κ3) is 5.01. The van der Waals surface area contributed by atoms with Crippen molar-refractivity contribution in [2.75, 3.05) is 45.8 Å². The van der Waals surface area contributed by atoms with Crippen LogP contribution in [0.2, 0.25) is 0 Å². The van der Waals surface area contributed by atoms with E-state index in [0.717, 1.165) is 49.4 Å². The van der Waals surface area contributed by atoms with Crippen LogP contribution in [0.25, 0.3) is 10.7 Å². The maximum atomic E-state index is 5.42. The molecule has 2 aliphatic heterocycles. The molecule has 2 saturated heterocycles. The zero-order chi connectivity index (χ0) is 16.2. The molecule has 25 heavy (non-hydrogen) atoms. The van der Waals surface area contributed by atoms with Gasteiger partial charge in [-0.1, -0.05) is 11.2 Å². The summed E-state index contributed by atoms with van der Waals surface area (Å²) in [4.78, 5) is 10.6. The van der Waals surface area contributed by atoms with Crippen LogP contribution in [0.4, 0.5) is 0 Å². The van der Waals surface area contributed by atoms with Gasteiger partial charge in [-0.25, -0.2) is 0 Å². The highest BCUT2D eigenvalue weighted by atomic mass is 35.5. The Morgan fingerprint density at radius 1 is 1.16 bits per heavy atom. The first kappa shape index (κ1) is 18.8. The summed E-state index contributed by atoms with van der Waals surface area (Å²) in [6.07, 6.45) is 2.65. The maximum absolute atomic E-state index is 5.42. The Morgan fingerprint density at radius 2 is 1.92 bits per heavy atom. The summed E-state index contributed by atoms with van der Waals surface area (Å²) in [5.41, 5.74) is 0.